The van der Waals surface area contributed by atoms with E-state index in [4.69, 9.17) is 4.74 Å². The number of aromatic carboxylic acids is 1. The summed E-state index contributed by atoms with van der Waals surface area (Å²) in [4.78, 5) is 23.6. The highest BCUT2D eigenvalue weighted by Crippen LogP contribution is 2.36. The number of carbonyl (C=O) groups is 2. The Kier molecular flexibility index (Phi) is 8.15. The van der Waals surface area contributed by atoms with Crippen molar-refractivity contribution in [3.05, 3.63) is 29.5 Å². The van der Waals surface area contributed by atoms with Crippen LogP contribution in [0.5, 0.6) is 11.6 Å². The van der Waals surface area contributed by atoms with E-state index in [9.17, 15) is 23.1 Å². The summed E-state index contributed by atoms with van der Waals surface area (Å²) in [7, 11) is -4.04. The average Bonchev–Trinajstić information content (AvgIpc) is 3.05. The van der Waals surface area contributed by atoms with Crippen LogP contribution in [0.3, 0.4) is 0 Å². The molecule has 2 aromatic rings. The number of hydrogen-bond acceptors (Lipinski definition) is 6. The summed E-state index contributed by atoms with van der Waals surface area (Å²) in [5.74, 6) is -1.69. The molecular weight excluding hydrogens is 460 g/mol. The number of amides is 1. The van der Waals surface area contributed by atoms with E-state index in [2.05, 4.69) is 15.1 Å². The van der Waals surface area contributed by atoms with Gasteiger partial charge in [0.05, 0.1) is 5.54 Å². The summed E-state index contributed by atoms with van der Waals surface area (Å²) in [5, 5.41) is 16.4. The second-order valence-corrected chi connectivity index (χ2v) is 11.2. The minimum absolute atomic E-state index is 0.0243. The van der Waals surface area contributed by atoms with Gasteiger partial charge in [0.25, 0.3) is 0 Å². The molecule has 11 heteroatoms. The maximum Gasteiger partial charge on any atom is 0.356 e. The number of nitrogens with one attached hydrogen (secondary N) is 2. The van der Waals surface area contributed by atoms with E-state index in [1.807, 2.05) is 27.7 Å². The standard InChI is InChI=1S/C23H34N4O6S/c1-9-14(4)26-34(31,32)18-12-16(24-20(28)13(2)3)10-11-17(18)33-21-15(5)19(22(29)30)25-27(21)23(6,7)8/h10-14,26H,9H2,1-8H3,(H,24,28)(H,29,30). The van der Waals surface area contributed by atoms with Crippen molar-refractivity contribution >= 4 is 27.6 Å². The molecule has 1 heterocycles. The summed E-state index contributed by atoms with van der Waals surface area (Å²) in [6.45, 7) is 14.1. The fraction of sp³-hybridized carbons (Fsp3) is 0.522. The summed E-state index contributed by atoms with van der Waals surface area (Å²) in [6.07, 6.45) is 0.567. The van der Waals surface area contributed by atoms with E-state index >= 15 is 0 Å². The molecule has 0 aliphatic heterocycles. The van der Waals surface area contributed by atoms with Crippen molar-refractivity contribution in [2.24, 2.45) is 5.92 Å². The Labute approximate surface area is 200 Å². The highest BCUT2D eigenvalue weighted by atomic mass is 32.2. The molecule has 10 nitrogen and oxygen atoms in total. The minimum atomic E-state index is -4.04. The normalized spacial score (nSPS) is 13.1. The van der Waals surface area contributed by atoms with Crippen LogP contribution in [0.4, 0.5) is 5.69 Å². The van der Waals surface area contributed by atoms with Crippen molar-refractivity contribution in [3.63, 3.8) is 0 Å². The van der Waals surface area contributed by atoms with Gasteiger partial charge in [-0.05, 0) is 59.2 Å². The number of nitrogens with zero attached hydrogens (tertiary/aromatic N) is 2. The number of ether oxygens (including phenoxy) is 1. The van der Waals surface area contributed by atoms with Crippen molar-refractivity contribution in [2.75, 3.05) is 5.32 Å². The molecule has 3 N–H and O–H groups in total. The second-order valence-electron chi connectivity index (χ2n) is 9.50. The zero-order chi connectivity index (χ0) is 26.0. The molecule has 1 unspecified atom stereocenters. The topological polar surface area (TPSA) is 140 Å². The SMILES string of the molecule is CCC(C)NS(=O)(=O)c1cc(NC(=O)C(C)C)ccc1Oc1c(C)c(C(=O)O)nn1C(C)(C)C. The van der Waals surface area contributed by atoms with Gasteiger partial charge in [-0.15, -0.1) is 0 Å². The zero-order valence-electron chi connectivity index (χ0n) is 20.9. The first-order valence-corrected chi connectivity index (χ1v) is 12.5. The molecule has 0 radical (unpaired) electrons. The van der Waals surface area contributed by atoms with Gasteiger partial charge in [0, 0.05) is 23.2 Å². The second kappa shape index (κ2) is 10.1. The van der Waals surface area contributed by atoms with Crippen LogP contribution >= 0.6 is 0 Å². The van der Waals surface area contributed by atoms with Gasteiger partial charge in [0.2, 0.25) is 21.8 Å². The maximum absolute atomic E-state index is 13.2. The van der Waals surface area contributed by atoms with Crippen LogP contribution in [0.15, 0.2) is 23.1 Å². The molecule has 188 valence electrons. The fourth-order valence-electron chi connectivity index (χ4n) is 2.94. The van der Waals surface area contributed by atoms with Crippen LogP contribution in [0, 0.1) is 12.8 Å². The molecule has 0 saturated heterocycles. The molecule has 0 fully saturated rings. The number of carboxylic acids is 1. The van der Waals surface area contributed by atoms with E-state index in [0.717, 1.165) is 0 Å². The van der Waals surface area contributed by atoms with Crippen LogP contribution in [-0.2, 0) is 20.4 Å². The lowest BCUT2D eigenvalue weighted by Gasteiger charge is -2.23. The number of anilines is 1. The van der Waals surface area contributed by atoms with Crippen molar-refractivity contribution in [2.45, 2.75) is 78.3 Å². The first-order valence-electron chi connectivity index (χ1n) is 11.1. The van der Waals surface area contributed by atoms with Gasteiger partial charge in [-0.2, -0.15) is 5.10 Å². The van der Waals surface area contributed by atoms with E-state index < -0.39 is 21.5 Å². The summed E-state index contributed by atoms with van der Waals surface area (Å²) in [6, 6.07) is 3.95. The number of benzene rings is 1. The number of hydrogen-bond donors (Lipinski definition) is 3. The molecule has 34 heavy (non-hydrogen) atoms. The monoisotopic (exact) mass is 494 g/mol. The molecule has 0 spiro atoms. The Morgan fingerprint density at radius 2 is 1.82 bits per heavy atom. The van der Waals surface area contributed by atoms with Crippen LogP contribution in [0.25, 0.3) is 0 Å². The number of sulfonamides is 1. The minimum Gasteiger partial charge on any atom is -0.476 e. The summed E-state index contributed by atoms with van der Waals surface area (Å²) < 4.78 is 36.5. The number of rotatable bonds is 9. The quantitative estimate of drug-likeness (QED) is 0.476. The average molecular weight is 495 g/mol. The van der Waals surface area contributed by atoms with Crippen molar-refractivity contribution in [3.8, 4) is 11.6 Å². The Balaban J connectivity index is 2.68. The lowest BCUT2D eigenvalue weighted by molar-refractivity contribution is -0.118. The molecule has 0 bridgehead atoms. The number of carbonyl (C=O) groups excluding carboxylic acids is 1. The van der Waals surface area contributed by atoms with Gasteiger partial charge in [0.1, 0.15) is 10.6 Å². The third-order valence-corrected chi connectivity index (χ3v) is 6.72. The van der Waals surface area contributed by atoms with E-state index in [0.29, 0.717) is 12.1 Å². The van der Waals surface area contributed by atoms with Crippen LogP contribution < -0.4 is 14.8 Å². The van der Waals surface area contributed by atoms with Crippen molar-refractivity contribution < 1.29 is 27.9 Å². The van der Waals surface area contributed by atoms with Gasteiger partial charge < -0.3 is 15.2 Å². The van der Waals surface area contributed by atoms with E-state index in [1.54, 1.807) is 27.7 Å². The lowest BCUT2D eigenvalue weighted by atomic mass is 10.1. The van der Waals surface area contributed by atoms with Gasteiger partial charge >= 0.3 is 5.97 Å². The molecule has 1 amide bonds. The Bertz CT molecular complexity index is 1180. The van der Waals surface area contributed by atoms with Crippen LogP contribution in [0.1, 0.15) is 70.9 Å². The first-order chi connectivity index (χ1) is 15.6. The predicted octanol–water partition coefficient (Wildman–Crippen LogP) is 4.11. The summed E-state index contributed by atoms with van der Waals surface area (Å²) in [5.41, 5.74) is -0.277. The Morgan fingerprint density at radius 3 is 2.32 bits per heavy atom. The fourth-order valence-corrected chi connectivity index (χ4v) is 4.42. The molecule has 1 aromatic heterocycles. The van der Waals surface area contributed by atoms with Crippen molar-refractivity contribution in [1.82, 2.24) is 14.5 Å². The predicted molar refractivity (Wildman–Crippen MR) is 129 cm³/mol. The largest absolute Gasteiger partial charge is 0.476 e. The maximum atomic E-state index is 13.2. The zero-order valence-corrected chi connectivity index (χ0v) is 21.7. The van der Waals surface area contributed by atoms with Crippen molar-refractivity contribution in [1.29, 1.82) is 0 Å². The Morgan fingerprint density at radius 1 is 1.21 bits per heavy atom. The third kappa shape index (κ3) is 6.15. The highest BCUT2D eigenvalue weighted by molar-refractivity contribution is 7.89. The van der Waals surface area contributed by atoms with Gasteiger partial charge in [-0.1, -0.05) is 20.8 Å². The molecule has 1 atom stereocenters. The third-order valence-electron chi connectivity index (χ3n) is 5.11. The van der Waals surface area contributed by atoms with Crippen LogP contribution in [-0.4, -0.2) is 41.2 Å². The van der Waals surface area contributed by atoms with Gasteiger partial charge in [-0.25, -0.2) is 22.6 Å². The smallest absolute Gasteiger partial charge is 0.356 e. The Hall–Kier alpha value is -2.92. The van der Waals surface area contributed by atoms with E-state index in [1.165, 1.54) is 22.9 Å². The molecule has 2 rings (SSSR count). The first kappa shape index (κ1) is 27.3. The molecular formula is C23H34N4O6S. The van der Waals surface area contributed by atoms with E-state index in [-0.39, 0.29) is 45.6 Å². The van der Waals surface area contributed by atoms with Gasteiger partial charge in [-0.3, -0.25) is 4.79 Å². The molecule has 0 aliphatic rings. The molecule has 0 saturated carbocycles. The van der Waals surface area contributed by atoms with Crippen LogP contribution in [0.2, 0.25) is 0 Å². The lowest BCUT2D eigenvalue weighted by Crippen LogP contribution is -2.32. The highest BCUT2D eigenvalue weighted by Gasteiger charge is 2.30. The molecule has 1 aromatic carbocycles. The van der Waals surface area contributed by atoms with Gasteiger partial charge in [0.15, 0.2) is 5.69 Å². The summed E-state index contributed by atoms with van der Waals surface area (Å²) >= 11 is 0. The number of aromatic nitrogens is 2. The number of carboxylic acid groups (broad SMARTS) is 1. The molecule has 0 aliphatic carbocycles.